The molecular weight excluding hydrogens is 384 g/mol. The van der Waals surface area contributed by atoms with Gasteiger partial charge >= 0.3 is 0 Å². The number of rotatable bonds is 6. The first-order chi connectivity index (χ1) is 13.8. The third kappa shape index (κ3) is 4.05. The van der Waals surface area contributed by atoms with E-state index in [2.05, 4.69) is 5.32 Å². The Kier molecular flexibility index (Phi) is 5.67. The van der Waals surface area contributed by atoms with Crippen molar-refractivity contribution in [1.82, 2.24) is 10.2 Å². The highest BCUT2D eigenvalue weighted by molar-refractivity contribution is 6.31. The standard InChI is InChI=1S/C24H33ClN2O2/c1-15(2)21(22(28)27(3)14-19-6-4-5-7-20(19)25)26-23(29)24-11-16-8-17(12-24)10-18(9-16)13-24/h4-7,15-18,21H,8-14H2,1-3H3,(H,26,29). The molecule has 1 atom stereocenters. The lowest BCUT2D eigenvalue weighted by molar-refractivity contribution is -0.150. The molecule has 0 radical (unpaired) electrons. The van der Waals surface area contributed by atoms with Crippen LogP contribution >= 0.6 is 11.6 Å². The van der Waals surface area contributed by atoms with E-state index in [1.807, 2.05) is 38.1 Å². The smallest absolute Gasteiger partial charge is 0.245 e. The van der Waals surface area contributed by atoms with Crippen molar-refractivity contribution in [2.24, 2.45) is 29.1 Å². The summed E-state index contributed by atoms with van der Waals surface area (Å²) in [5.41, 5.74) is 0.684. The van der Waals surface area contributed by atoms with Gasteiger partial charge in [-0.15, -0.1) is 0 Å². The molecule has 0 aliphatic heterocycles. The Morgan fingerprint density at radius 1 is 1.10 bits per heavy atom. The highest BCUT2D eigenvalue weighted by atomic mass is 35.5. The molecule has 0 spiro atoms. The second-order valence-corrected chi connectivity index (χ2v) is 10.6. The van der Waals surface area contributed by atoms with Crippen LogP contribution < -0.4 is 5.32 Å². The van der Waals surface area contributed by atoms with Gasteiger partial charge in [-0.05, 0) is 73.8 Å². The lowest BCUT2D eigenvalue weighted by atomic mass is 9.49. The fourth-order valence-corrected chi connectivity index (χ4v) is 6.59. The highest BCUT2D eigenvalue weighted by Crippen LogP contribution is 2.60. The van der Waals surface area contributed by atoms with E-state index in [0.717, 1.165) is 24.8 Å². The van der Waals surface area contributed by atoms with Crippen LogP contribution in [0.2, 0.25) is 5.02 Å². The molecule has 1 unspecified atom stereocenters. The third-order valence-corrected chi connectivity index (χ3v) is 7.85. The number of nitrogens with one attached hydrogen (secondary N) is 1. The average molecular weight is 417 g/mol. The Hall–Kier alpha value is -1.55. The van der Waals surface area contributed by atoms with Crippen LogP contribution in [0.1, 0.15) is 57.9 Å². The van der Waals surface area contributed by atoms with E-state index in [-0.39, 0.29) is 23.1 Å². The first kappa shape index (κ1) is 20.7. The van der Waals surface area contributed by atoms with Gasteiger partial charge in [-0.1, -0.05) is 43.6 Å². The van der Waals surface area contributed by atoms with Crippen molar-refractivity contribution in [2.75, 3.05) is 7.05 Å². The zero-order chi connectivity index (χ0) is 20.8. The minimum absolute atomic E-state index is 0.0362. The molecule has 5 rings (SSSR count). The van der Waals surface area contributed by atoms with Crippen LogP contribution in [0.4, 0.5) is 0 Å². The molecule has 29 heavy (non-hydrogen) atoms. The number of hydrogen-bond donors (Lipinski definition) is 1. The van der Waals surface area contributed by atoms with Crippen LogP contribution in [-0.4, -0.2) is 29.8 Å². The van der Waals surface area contributed by atoms with Gasteiger partial charge in [0, 0.05) is 24.0 Å². The number of carbonyl (C=O) groups is 2. The SMILES string of the molecule is CC(C)C(NC(=O)C12CC3CC(CC(C3)C1)C2)C(=O)N(C)Cc1ccccc1Cl. The molecule has 1 N–H and O–H groups in total. The molecule has 4 saturated carbocycles. The summed E-state index contributed by atoms with van der Waals surface area (Å²) in [4.78, 5) is 28.4. The quantitative estimate of drug-likeness (QED) is 0.733. The van der Waals surface area contributed by atoms with Crippen LogP contribution in [0.5, 0.6) is 0 Å². The van der Waals surface area contributed by atoms with Crippen molar-refractivity contribution < 1.29 is 9.59 Å². The number of nitrogens with zero attached hydrogens (tertiary/aromatic N) is 1. The Morgan fingerprint density at radius 2 is 1.66 bits per heavy atom. The first-order valence-electron chi connectivity index (χ1n) is 11.1. The van der Waals surface area contributed by atoms with Gasteiger partial charge < -0.3 is 10.2 Å². The molecule has 1 aromatic rings. The van der Waals surface area contributed by atoms with E-state index in [9.17, 15) is 9.59 Å². The molecule has 1 aromatic carbocycles. The van der Waals surface area contributed by atoms with Crippen LogP contribution in [0.3, 0.4) is 0 Å². The van der Waals surface area contributed by atoms with E-state index in [0.29, 0.717) is 29.3 Å². The Labute approximate surface area is 179 Å². The van der Waals surface area contributed by atoms with Gasteiger partial charge in [-0.2, -0.15) is 0 Å². The maximum atomic E-state index is 13.4. The molecule has 5 heteroatoms. The van der Waals surface area contributed by atoms with E-state index < -0.39 is 6.04 Å². The monoisotopic (exact) mass is 416 g/mol. The summed E-state index contributed by atoms with van der Waals surface area (Å²) in [5.74, 6) is 2.25. The number of hydrogen-bond acceptors (Lipinski definition) is 2. The minimum atomic E-state index is -0.497. The topological polar surface area (TPSA) is 49.4 Å². The maximum absolute atomic E-state index is 13.4. The van der Waals surface area contributed by atoms with Gasteiger partial charge in [0.05, 0.1) is 0 Å². The van der Waals surface area contributed by atoms with E-state index in [1.165, 1.54) is 19.3 Å². The van der Waals surface area contributed by atoms with Crippen molar-refractivity contribution in [3.8, 4) is 0 Å². The van der Waals surface area contributed by atoms with Gasteiger partial charge in [0.15, 0.2) is 0 Å². The Morgan fingerprint density at radius 3 is 2.17 bits per heavy atom. The molecule has 4 nitrogen and oxygen atoms in total. The average Bonchev–Trinajstić information content (AvgIpc) is 2.65. The summed E-state index contributed by atoms with van der Waals surface area (Å²) >= 11 is 6.27. The zero-order valence-corrected chi connectivity index (χ0v) is 18.5. The molecule has 158 valence electrons. The fraction of sp³-hybridized carbons (Fsp3) is 0.667. The second kappa shape index (κ2) is 7.94. The summed E-state index contributed by atoms with van der Waals surface area (Å²) < 4.78 is 0. The molecule has 4 aliphatic carbocycles. The summed E-state index contributed by atoms with van der Waals surface area (Å²) in [6.07, 6.45) is 6.96. The van der Waals surface area contributed by atoms with Crippen LogP contribution in [0, 0.1) is 29.1 Å². The molecule has 0 heterocycles. The Balaban J connectivity index is 1.45. The third-order valence-electron chi connectivity index (χ3n) is 7.48. The van der Waals surface area contributed by atoms with E-state index in [4.69, 9.17) is 11.6 Å². The normalized spacial score (nSPS) is 31.0. The number of carbonyl (C=O) groups excluding carboxylic acids is 2. The van der Waals surface area contributed by atoms with Crippen molar-refractivity contribution in [2.45, 2.75) is 65.0 Å². The zero-order valence-electron chi connectivity index (χ0n) is 17.8. The van der Waals surface area contributed by atoms with E-state index in [1.54, 1.807) is 11.9 Å². The number of amides is 2. The van der Waals surface area contributed by atoms with Crippen LogP contribution in [0.25, 0.3) is 0 Å². The predicted molar refractivity (Wildman–Crippen MR) is 115 cm³/mol. The summed E-state index contributed by atoms with van der Waals surface area (Å²) in [6.45, 7) is 4.45. The van der Waals surface area contributed by atoms with Gasteiger partial charge in [-0.3, -0.25) is 9.59 Å². The van der Waals surface area contributed by atoms with Crippen molar-refractivity contribution in [3.05, 3.63) is 34.9 Å². The molecule has 4 fully saturated rings. The van der Waals surface area contributed by atoms with Crippen molar-refractivity contribution in [3.63, 3.8) is 0 Å². The number of likely N-dealkylation sites (N-methyl/N-ethyl adjacent to an activating group) is 1. The predicted octanol–water partition coefficient (Wildman–Crippen LogP) is 4.66. The molecule has 0 aromatic heterocycles. The van der Waals surface area contributed by atoms with Crippen LogP contribution in [0.15, 0.2) is 24.3 Å². The lowest BCUT2D eigenvalue weighted by Gasteiger charge is -2.56. The number of benzene rings is 1. The molecule has 0 saturated heterocycles. The molecule has 2 amide bonds. The maximum Gasteiger partial charge on any atom is 0.245 e. The summed E-state index contributed by atoms with van der Waals surface area (Å²) in [6, 6.07) is 7.09. The van der Waals surface area contributed by atoms with Crippen LogP contribution in [-0.2, 0) is 16.1 Å². The van der Waals surface area contributed by atoms with Gasteiger partial charge in [0.1, 0.15) is 6.04 Å². The second-order valence-electron chi connectivity index (χ2n) is 10.2. The van der Waals surface area contributed by atoms with E-state index >= 15 is 0 Å². The van der Waals surface area contributed by atoms with Crippen molar-refractivity contribution >= 4 is 23.4 Å². The molecule has 4 bridgehead atoms. The van der Waals surface area contributed by atoms with Gasteiger partial charge in [-0.25, -0.2) is 0 Å². The molecule has 4 aliphatic rings. The fourth-order valence-electron chi connectivity index (χ4n) is 6.39. The van der Waals surface area contributed by atoms with Gasteiger partial charge in [0.2, 0.25) is 11.8 Å². The summed E-state index contributed by atoms with van der Waals surface area (Å²) in [7, 11) is 1.79. The lowest BCUT2D eigenvalue weighted by Crippen LogP contribution is -2.58. The number of halogens is 1. The first-order valence-corrected chi connectivity index (χ1v) is 11.4. The molecular formula is C24H33ClN2O2. The summed E-state index contributed by atoms with van der Waals surface area (Å²) in [5, 5.41) is 3.85. The minimum Gasteiger partial charge on any atom is -0.344 e. The highest BCUT2D eigenvalue weighted by Gasteiger charge is 2.55. The Bertz CT molecular complexity index is 756. The van der Waals surface area contributed by atoms with Gasteiger partial charge in [0.25, 0.3) is 0 Å². The van der Waals surface area contributed by atoms with Crippen molar-refractivity contribution in [1.29, 1.82) is 0 Å². The largest absolute Gasteiger partial charge is 0.344 e.